The number of thioether (sulfide) groups is 1. The fraction of sp³-hybridized carbons (Fsp3) is 0.308. The molecule has 0 atom stereocenters. The number of amides is 1. The lowest BCUT2D eigenvalue weighted by Gasteiger charge is -2.41. The lowest BCUT2D eigenvalue weighted by atomic mass is 9.87. The molecule has 1 fully saturated rings. The topological polar surface area (TPSA) is 44.7 Å². The average Bonchev–Trinajstić information content (AvgIpc) is 3.02. The number of carbonyl (C=O) groups is 1. The third kappa shape index (κ3) is 4.07. The van der Waals surface area contributed by atoms with E-state index in [1.807, 2.05) is 18.2 Å². The molecule has 0 radical (unpaired) electrons. The van der Waals surface area contributed by atoms with Crippen LogP contribution in [0.1, 0.15) is 48.6 Å². The quantitative estimate of drug-likeness (QED) is 0.581. The summed E-state index contributed by atoms with van der Waals surface area (Å²) in [5.41, 5.74) is 9.16. The molecule has 160 valence electrons. The van der Waals surface area contributed by atoms with Crippen LogP contribution in [0.25, 0.3) is 11.6 Å². The molecule has 2 aliphatic rings. The van der Waals surface area contributed by atoms with Crippen LogP contribution in [0.4, 0.5) is 11.4 Å². The van der Waals surface area contributed by atoms with Gasteiger partial charge in [0.05, 0.1) is 16.1 Å². The summed E-state index contributed by atoms with van der Waals surface area (Å²) >= 11 is 1.39. The predicted molar refractivity (Wildman–Crippen MR) is 134 cm³/mol. The summed E-state index contributed by atoms with van der Waals surface area (Å²) in [6.45, 7) is 12.9. The molecule has 0 spiro atoms. The molecule has 1 saturated heterocycles. The van der Waals surface area contributed by atoms with Crippen LogP contribution >= 0.6 is 11.8 Å². The molecule has 2 aromatic rings. The Morgan fingerprint density at radius 2 is 1.77 bits per heavy atom. The Hall–Kier alpha value is -2.79. The van der Waals surface area contributed by atoms with Crippen molar-refractivity contribution >= 4 is 45.9 Å². The van der Waals surface area contributed by atoms with Crippen LogP contribution in [0, 0.1) is 20.8 Å². The number of fused-ring (bicyclic) bond motifs is 1. The number of nitrogens with zero attached hydrogens (tertiary/aromatic N) is 2. The van der Waals surface area contributed by atoms with Crippen molar-refractivity contribution in [3.05, 3.63) is 69.1 Å². The van der Waals surface area contributed by atoms with Crippen LogP contribution in [-0.2, 0) is 4.79 Å². The average molecular weight is 432 g/mol. The Labute approximate surface area is 189 Å². The maximum absolute atomic E-state index is 12.6. The Kier molecular flexibility index (Phi) is 5.34. The van der Waals surface area contributed by atoms with Crippen molar-refractivity contribution in [3.8, 4) is 0 Å². The van der Waals surface area contributed by atoms with Gasteiger partial charge in [0.15, 0.2) is 5.17 Å². The van der Waals surface area contributed by atoms with Gasteiger partial charge in [0.25, 0.3) is 5.91 Å². The fourth-order valence-electron chi connectivity index (χ4n) is 4.01. The van der Waals surface area contributed by atoms with E-state index in [1.165, 1.54) is 39.7 Å². The third-order valence-electron chi connectivity index (χ3n) is 6.26. The Morgan fingerprint density at radius 1 is 1.03 bits per heavy atom. The first-order valence-electron chi connectivity index (χ1n) is 10.5. The number of benzene rings is 2. The number of aryl methyl sites for hydroxylation is 3. The van der Waals surface area contributed by atoms with Gasteiger partial charge in [-0.25, -0.2) is 4.99 Å². The lowest BCUT2D eigenvalue weighted by molar-refractivity contribution is -0.115. The standard InChI is InChI=1S/C26H29N3OS/c1-15-8-9-20(10-16(15)2)27-25-28-24(30)23(31-25)13-19-12-21-18(4)14-26(5,6)29(7)22(21)11-17(19)3/h8-14H,1-7H3,(H,27,28,30)/b23-13-. The summed E-state index contributed by atoms with van der Waals surface area (Å²) in [5.74, 6) is -0.102. The molecule has 4 nitrogen and oxygen atoms in total. The van der Waals surface area contributed by atoms with Crippen LogP contribution in [0.5, 0.6) is 0 Å². The van der Waals surface area contributed by atoms with Crippen molar-refractivity contribution in [2.75, 3.05) is 11.9 Å². The number of rotatable bonds is 2. The SMILES string of the molecule is CC1=CC(C)(C)N(C)c2cc(C)c(/C=C3\SC(=Nc4ccc(C)c(C)c4)NC3=O)cc21. The van der Waals surface area contributed by atoms with Crippen LogP contribution in [0.15, 0.2) is 46.3 Å². The van der Waals surface area contributed by atoms with Gasteiger partial charge in [-0.1, -0.05) is 12.1 Å². The van der Waals surface area contributed by atoms with E-state index in [0.29, 0.717) is 10.1 Å². The van der Waals surface area contributed by atoms with Gasteiger partial charge in [0.2, 0.25) is 0 Å². The van der Waals surface area contributed by atoms with Crippen LogP contribution in [0.3, 0.4) is 0 Å². The van der Waals surface area contributed by atoms with Gasteiger partial charge >= 0.3 is 0 Å². The van der Waals surface area contributed by atoms with Gasteiger partial charge in [-0.15, -0.1) is 0 Å². The molecule has 0 saturated carbocycles. The van der Waals surface area contributed by atoms with Crippen molar-refractivity contribution in [1.82, 2.24) is 5.32 Å². The van der Waals surface area contributed by atoms with E-state index < -0.39 is 0 Å². The van der Waals surface area contributed by atoms with E-state index in [0.717, 1.165) is 16.8 Å². The third-order valence-corrected chi connectivity index (χ3v) is 7.17. The zero-order chi connectivity index (χ0) is 22.5. The minimum Gasteiger partial charge on any atom is -0.365 e. The Bertz CT molecular complexity index is 1190. The highest BCUT2D eigenvalue weighted by molar-refractivity contribution is 8.18. The summed E-state index contributed by atoms with van der Waals surface area (Å²) in [4.78, 5) is 20.2. The fourth-order valence-corrected chi connectivity index (χ4v) is 4.84. The number of aliphatic imine (C=N–C) groups is 1. The summed E-state index contributed by atoms with van der Waals surface area (Å²) in [6.07, 6.45) is 4.28. The summed E-state index contributed by atoms with van der Waals surface area (Å²) in [6, 6.07) is 10.5. The second-order valence-electron chi connectivity index (χ2n) is 9.02. The second-order valence-corrected chi connectivity index (χ2v) is 10.0. The van der Waals surface area contributed by atoms with Crippen molar-refractivity contribution in [3.63, 3.8) is 0 Å². The van der Waals surface area contributed by atoms with Gasteiger partial charge in [-0.3, -0.25) is 4.79 Å². The molecule has 0 unspecified atom stereocenters. The number of hydrogen-bond acceptors (Lipinski definition) is 4. The molecule has 2 aliphatic heterocycles. The molecule has 2 aromatic carbocycles. The lowest BCUT2D eigenvalue weighted by Crippen LogP contribution is -2.42. The Morgan fingerprint density at radius 3 is 2.48 bits per heavy atom. The first kappa shape index (κ1) is 21.4. The van der Waals surface area contributed by atoms with E-state index in [4.69, 9.17) is 0 Å². The number of hydrogen-bond donors (Lipinski definition) is 1. The molecular formula is C26H29N3OS. The zero-order valence-electron chi connectivity index (χ0n) is 19.3. The number of anilines is 1. The molecule has 0 bridgehead atoms. The van der Waals surface area contributed by atoms with E-state index >= 15 is 0 Å². The van der Waals surface area contributed by atoms with Gasteiger partial charge in [0, 0.05) is 18.3 Å². The molecule has 4 rings (SSSR count). The van der Waals surface area contributed by atoms with E-state index in [-0.39, 0.29) is 11.4 Å². The number of allylic oxidation sites excluding steroid dienone is 1. The van der Waals surface area contributed by atoms with Crippen molar-refractivity contribution in [2.24, 2.45) is 4.99 Å². The maximum atomic E-state index is 12.6. The van der Waals surface area contributed by atoms with Crippen molar-refractivity contribution in [1.29, 1.82) is 0 Å². The molecule has 1 amide bonds. The van der Waals surface area contributed by atoms with Crippen LogP contribution < -0.4 is 10.2 Å². The van der Waals surface area contributed by atoms with E-state index in [2.05, 4.69) is 88.1 Å². The summed E-state index contributed by atoms with van der Waals surface area (Å²) < 4.78 is 0. The molecule has 31 heavy (non-hydrogen) atoms. The predicted octanol–water partition coefficient (Wildman–Crippen LogP) is 6.14. The number of amidine groups is 1. The number of carbonyl (C=O) groups excluding carboxylic acids is 1. The van der Waals surface area contributed by atoms with Crippen molar-refractivity contribution < 1.29 is 4.79 Å². The number of nitrogens with one attached hydrogen (secondary N) is 1. The largest absolute Gasteiger partial charge is 0.365 e. The maximum Gasteiger partial charge on any atom is 0.264 e. The minimum atomic E-state index is -0.102. The molecule has 5 heteroatoms. The van der Waals surface area contributed by atoms with E-state index in [9.17, 15) is 4.79 Å². The van der Waals surface area contributed by atoms with Crippen molar-refractivity contribution in [2.45, 2.75) is 47.1 Å². The van der Waals surface area contributed by atoms with Crippen LogP contribution in [-0.4, -0.2) is 23.7 Å². The second kappa shape index (κ2) is 7.72. The molecule has 1 N–H and O–H groups in total. The highest BCUT2D eigenvalue weighted by Crippen LogP contribution is 2.40. The summed E-state index contributed by atoms with van der Waals surface area (Å²) in [5, 5.41) is 3.52. The first-order chi connectivity index (χ1) is 14.5. The van der Waals surface area contributed by atoms with Gasteiger partial charge in [-0.05, 0) is 111 Å². The molecule has 0 aromatic heterocycles. The highest BCUT2D eigenvalue weighted by atomic mass is 32.2. The van der Waals surface area contributed by atoms with Crippen LogP contribution in [0.2, 0.25) is 0 Å². The molecule has 0 aliphatic carbocycles. The first-order valence-corrected chi connectivity index (χ1v) is 11.3. The smallest absolute Gasteiger partial charge is 0.264 e. The normalized spacial score (nSPS) is 20.2. The monoisotopic (exact) mass is 431 g/mol. The van der Waals surface area contributed by atoms with E-state index in [1.54, 1.807) is 0 Å². The zero-order valence-corrected chi connectivity index (χ0v) is 20.1. The highest BCUT2D eigenvalue weighted by Gasteiger charge is 2.29. The van der Waals surface area contributed by atoms with Gasteiger partial charge in [-0.2, -0.15) is 0 Å². The van der Waals surface area contributed by atoms with Gasteiger partial charge < -0.3 is 10.2 Å². The molecule has 2 heterocycles. The van der Waals surface area contributed by atoms with Gasteiger partial charge in [0.1, 0.15) is 0 Å². The number of likely N-dealkylation sites (N-methyl/N-ethyl adjacent to an activating group) is 1. The summed E-state index contributed by atoms with van der Waals surface area (Å²) in [7, 11) is 2.13. The Balaban J connectivity index is 1.66. The minimum absolute atomic E-state index is 0.0234. The molecular weight excluding hydrogens is 402 g/mol.